The standard InChI is InChI=1S/C14H20ClN3O.2ClH/c15-13-10-11(16)4-5-12(13)14(19)17-6-9-18-7-2-1-3-8-18;;/h4-5,10H,1-3,6-9,16H2,(H,17,19);2*1H. The molecule has 1 fully saturated rings. The van der Waals surface area contributed by atoms with E-state index in [0.29, 0.717) is 22.8 Å². The molecular formula is C14H22Cl3N3O. The first-order valence-corrected chi connectivity index (χ1v) is 7.10. The number of halogens is 3. The highest BCUT2D eigenvalue weighted by molar-refractivity contribution is 6.34. The Bertz CT molecular complexity index is 451. The predicted octanol–water partition coefficient (Wildman–Crippen LogP) is 2.98. The Labute approximate surface area is 143 Å². The van der Waals surface area contributed by atoms with Gasteiger partial charge in [-0.25, -0.2) is 0 Å². The van der Waals surface area contributed by atoms with Gasteiger partial charge in [0, 0.05) is 18.8 Å². The number of hydrogen-bond acceptors (Lipinski definition) is 3. The molecular weight excluding hydrogens is 333 g/mol. The van der Waals surface area contributed by atoms with Crippen molar-refractivity contribution >= 4 is 48.0 Å². The van der Waals surface area contributed by atoms with Gasteiger partial charge in [-0.15, -0.1) is 24.8 Å². The van der Waals surface area contributed by atoms with Crippen molar-refractivity contribution in [3.05, 3.63) is 28.8 Å². The lowest BCUT2D eigenvalue weighted by Crippen LogP contribution is -2.37. The number of hydrogen-bond donors (Lipinski definition) is 2. The zero-order chi connectivity index (χ0) is 13.7. The maximum atomic E-state index is 12.0. The molecule has 0 radical (unpaired) electrons. The Balaban J connectivity index is 0.00000200. The van der Waals surface area contributed by atoms with Crippen molar-refractivity contribution in [1.29, 1.82) is 0 Å². The first-order chi connectivity index (χ1) is 9.16. The third kappa shape index (κ3) is 6.30. The highest BCUT2D eigenvalue weighted by Gasteiger charge is 2.12. The normalized spacial score (nSPS) is 14.7. The van der Waals surface area contributed by atoms with Crippen LogP contribution in [0.15, 0.2) is 18.2 Å². The molecule has 120 valence electrons. The van der Waals surface area contributed by atoms with Gasteiger partial charge >= 0.3 is 0 Å². The minimum Gasteiger partial charge on any atom is -0.399 e. The van der Waals surface area contributed by atoms with E-state index in [9.17, 15) is 4.79 Å². The maximum Gasteiger partial charge on any atom is 0.252 e. The summed E-state index contributed by atoms with van der Waals surface area (Å²) in [5.74, 6) is -0.137. The average Bonchev–Trinajstić information content (AvgIpc) is 2.39. The SMILES string of the molecule is Cl.Cl.Nc1ccc(C(=O)NCCN2CCCCC2)c(Cl)c1. The minimum atomic E-state index is -0.137. The Morgan fingerprint density at radius 2 is 1.90 bits per heavy atom. The summed E-state index contributed by atoms with van der Waals surface area (Å²) in [6, 6.07) is 4.94. The summed E-state index contributed by atoms with van der Waals surface area (Å²) in [5, 5.41) is 3.30. The molecule has 2 rings (SSSR count). The summed E-state index contributed by atoms with van der Waals surface area (Å²) >= 11 is 6.00. The lowest BCUT2D eigenvalue weighted by Gasteiger charge is -2.26. The molecule has 0 bridgehead atoms. The predicted molar refractivity (Wildman–Crippen MR) is 93.0 cm³/mol. The first kappa shape index (κ1) is 20.3. The Morgan fingerprint density at radius 1 is 1.24 bits per heavy atom. The van der Waals surface area contributed by atoms with Crippen molar-refractivity contribution in [2.24, 2.45) is 0 Å². The van der Waals surface area contributed by atoms with E-state index in [2.05, 4.69) is 10.2 Å². The number of piperidine rings is 1. The number of amides is 1. The molecule has 1 aliphatic rings. The van der Waals surface area contributed by atoms with Crippen molar-refractivity contribution in [3.63, 3.8) is 0 Å². The number of carbonyl (C=O) groups excluding carboxylic acids is 1. The largest absolute Gasteiger partial charge is 0.399 e. The molecule has 1 aromatic carbocycles. The molecule has 3 N–H and O–H groups in total. The molecule has 1 heterocycles. The number of nitrogens with zero attached hydrogens (tertiary/aromatic N) is 1. The van der Waals surface area contributed by atoms with Gasteiger partial charge in [0.25, 0.3) is 5.91 Å². The molecule has 1 amide bonds. The van der Waals surface area contributed by atoms with Gasteiger partial charge in [-0.1, -0.05) is 18.0 Å². The molecule has 7 heteroatoms. The van der Waals surface area contributed by atoms with E-state index < -0.39 is 0 Å². The number of nitrogens with two attached hydrogens (primary N) is 1. The molecule has 1 aliphatic heterocycles. The van der Waals surface area contributed by atoms with Crippen molar-refractivity contribution in [3.8, 4) is 0 Å². The van der Waals surface area contributed by atoms with Crippen molar-refractivity contribution < 1.29 is 4.79 Å². The summed E-state index contributed by atoms with van der Waals surface area (Å²) < 4.78 is 0. The molecule has 1 saturated heterocycles. The van der Waals surface area contributed by atoms with E-state index in [-0.39, 0.29) is 30.7 Å². The van der Waals surface area contributed by atoms with E-state index in [4.69, 9.17) is 17.3 Å². The third-order valence-electron chi connectivity index (χ3n) is 3.40. The second-order valence-electron chi connectivity index (χ2n) is 4.90. The lowest BCUT2D eigenvalue weighted by atomic mass is 10.1. The van der Waals surface area contributed by atoms with Gasteiger partial charge in [-0.2, -0.15) is 0 Å². The van der Waals surface area contributed by atoms with E-state index in [0.717, 1.165) is 19.6 Å². The molecule has 0 aromatic heterocycles. The number of rotatable bonds is 4. The van der Waals surface area contributed by atoms with Crippen LogP contribution in [0.2, 0.25) is 5.02 Å². The highest BCUT2D eigenvalue weighted by Crippen LogP contribution is 2.18. The fourth-order valence-corrected chi connectivity index (χ4v) is 2.60. The molecule has 0 atom stereocenters. The maximum absolute atomic E-state index is 12.0. The first-order valence-electron chi connectivity index (χ1n) is 6.72. The number of nitrogens with one attached hydrogen (secondary N) is 1. The van der Waals surface area contributed by atoms with Crippen LogP contribution in [-0.2, 0) is 0 Å². The Morgan fingerprint density at radius 3 is 2.52 bits per heavy atom. The van der Waals surface area contributed by atoms with Gasteiger partial charge in [0.2, 0.25) is 0 Å². The van der Waals surface area contributed by atoms with Crippen molar-refractivity contribution in [1.82, 2.24) is 10.2 Å². The second-order valence-corrected chi connectivity index (χ2v) is 5.30. The van der Waals surface area contributed by atoms with Crippen LogP contribution in [0.4, 0.5) is 5.69 Å². The summed E-state index contributed by atoms with van der Waals surface area (Å²) in [6.45, 7) is 3.83. The highest BCUT2D eigenvalue weighted by atomic mass is 35.5. The van der Waals surface area contributed by atoms with E-state index in [1.807, 2.05) is 0 Å². The number of anilines is 1. The summed E-state index contributed by atoms with van der Waals surface area (Å²) in [6.07, 6.45) is 3.85. The Kier molecular flexibility index (Phi) is 9.79. The van der Waals surface area contributed by atoms with Gasteiger partial charge in [0.05, 0.1) is 10.6 Å². The van der Waals surface area contributed by atoms with Crippen LogP contribution in [-0.4, -0.2) is 37.0 Å². The summed E-state index contributed by atoms with van der Waals surface area (Å²) in [7, 11) is 0. The van der Waals surface area contributed by atoms with Crippen molar-refractivity contribution in [2.45, 2.75) is 19.3 Å². The Hall–Kier alpha value is -0.680. The lowest BCUT2D eigenvalue weighted by molar-refractivity contribution is 0.0947. The van der Waals surface area contributed by atoms with Gasteiger partial charge in [-0.3, -0.25) is 4.79 Å². The molecule has 0 aliphatic carbocycles. The molecule has 0 saturated carbocycles. The van der Waals surface area contributed by atoms with E-state index in [1.165, 1.54) is 19.3 Å². The van der Waals surface area contributed by atoms with Crippen LogP contribution in [0.1, 0.15) is 29.6 Å². The topological polar surface area (TPSA) is 58.4 Å². The molecule has 4 nitrogen and oxygen atoms in total. The molecule has 0 spiro atoms. The van der Waals surface area contributed by atoms with Gasteiger partial charge in [0.15, 0.2) is 0 Å². The molecule has 1 aromatic rings. The summed E-state index contributed by atoms with van der Waals surface area (Å²) in [5.41, 5.74) is 6.65. The number of benzene rings is 1. The van der Waals surface area contributed by atoms with E-state index >= 15 is 0 Å². The van der Waals surface area contributed by atoms with Gasteiger partial charge < -0.3 is 16.0 Å². The van der Waals surface area contributed by atoms with Crippen LogP contribution >= 0.6 is 36.4 Å². The van der Waals surface area contributed by atoms with Crippen LogP contribution in [0.3, 0.4) is 0 Å². The quantitative estimate of drug-likeness (QED) is 0.817. The smallest absolute Gasteiger partial charge is 0.252 e. The van der Waals surface area contributed by atoms with Gasteiger partial charge in [-0.05, 0) is 44.1 Å². The van der Waals surface area contributed by atoms with Gasteiger partial charge in [0.1, 0.15) is 0 Å². The second kappa shape index (κ2) is 10.1. The number of nitrogen functional groups attached to an aromatic ring is 1. The van der Waals surface area contributed by atoms with Crippen LogP contribution in [0, 0.1) is 0 Å². The zero-order valence-electron chi connectivity index (χ0n) is 11.8. The minimum absolute atomic E-state index is 0. The average molecular weight is 355 g/mol. The monoisotopic (exact) mass is 353 g/mol. The van der Waals surface area contributed by atoms with Crippen molar-refractivity contribution in [2.75, 3.05) is 31.9 Å². The zero-order valence-corrected chi connectivity index (χ0v) is 14.2. The molecule has 21 heavy (non-hydrogen) atoms. The number of likely N-dealkylation sites (tertiary alicyclic amines) is 1. The summed E-state index contributed by atoms with van der Waals surface area (Å²) in [4.78, 5) is 14.3. The van der Waals surface area contributed by atoms with Crippen LogP contribution in [0.5, 0.6) is 0 Å². The fraction of sp³-hybridized carbons (Fsp3) is 0.500. The third-order valence-corrected chi connectivity index (χ3v) is 3.71. The number of carbonyl (C=O) groups is 1. The molecule has 0 unspecified atom stereocenters. The van der Waals surface area contributed by atoms with Crippen LogP contribution in [0.25, 0.3) is 0 Å². The van der Waals surface area contributed by atoms with Crippen LogP contribution < -0.4 is 11.1 Å². The van der Waals surface area contributed by atoms with E-state index in [1.54, 1.807) is 18.2 Å². The fourth-order valence-electron chi connectivity index (χ4n) is 2.32.